The molecule has 4 rings (SSSR count). The van der Waals surface area contributed by atoms with Crippen molar-refractivity contribution < 1.29 is 9.53 Å². The number of carbonyl (C=O) groups excluding carboxylic acids is 1. The Balaban J connectivity index is 1.47. The fourth-order valence-electron chi connectivity index (χ4n) is 3.28. The van der Waals surface area contributed by atoms with E-state index >= 15 is 0 Å². The number of hydrogen-bond acceptors (Lipinski definition) is 5. The molecule has 132 valence electrons. The Bertz CT molecular complexity index is 944. The van der Waals surface area contributed by atoms with Crippen molar-refractivity contribution in [3.63, 3.8) is 0 Å². The highest BCUT2D eigenvalue weighted by Gasteiger charge is 2.27. The molecule has 2 heterocycles. The van der Waals surface area contributed by atoms with Crippen molar-refractivity contribution in [1.82, 2.24) is 14.9 Å². The molecule has 0 bridgehead atoms. The van der Waals surface area contributed by atoms with E-state index in [9.17, 15) is 4.79 Å². The standard InChI is InChI=1S/C20H20N4O2/c21-20-19(22-7-8-23-20)17-13-24(9-10-26-17)18(25)12-14-5-6-15-3-1-2-4-16(15)11-14/h1-8,11,17H,9-10,12-13H2,(H2,21,23). The van der Waals surface area contributed by atoms with Crippen LogP contribution in [0.1, 0.15) is 17.4 Å². The molecule has 0 radical (unpaired) electrons. The van der Waals surface area contributed by atoms with E-state index in [1.807, 2.05) is 23.1 Å². The van der Waals surface area contributed by atoms with Crippen molar-refractivity contribution in [2.75, 3.05) is 25.4 Å². The molecule has 0 saturated carbocycles. The van der Waals surface area contributed by atoms with Gasteiger partial charge in [0, 0.05) is 18.9 Å². The Kier molecular flexibility index (Phi) is 4.50. The average Bonchev–Trinajstić information content (AvgIpc) is 2.68. The van der Waals surface area contributed by atoms with E-state index in [0.29, 0.717) is 37.6 Å². The first-order valence-corrected chi connectivity index (χ1v) is 8.64. The summed E-state index contributed by atoms with van der Waals surface area (Å²) >= 11 is 0. The average molecular weight is 348 g/mol. The van der Waals surface area contributed by atoms with E-state index in [2.05, 4.69) is 34.2 Å². The van der Waals surface area contributed by atoms with Crippen molar-refractivity contribution in [3.05, 3.63) is 66.1 Å². The van der Waals surface area contributed by atoms with E-state index in [1.54, 1.807) is 12.4 Å². The van der Waals surface area contributed by atoms with E-state index in [0.717, 1.165) is 10.9 Å². The van der Waals surface area contributed by atoms with Crippen LogP contribution < -0.4 is 5.73 Å². The maximum atomic E-state index is 12.8. The minimum atomic E-state index is -0.335. The fourth-order valence-corrected chi connectivity index (χ4v) is 3.28. The molecule has 1 aromatic heterocycles. The molecular formula is C20H20N4O2. The van der Waals surface area contributed by atoms with Gasteiger partial charge in [-0.1, -0.05) is 42.5 Å². The smallest absolute Gasteiger partial charge is 0.227 e. The van der Waals surface area contributed by atoms with E-state index in [-0.39, 0.29) is 12.0 Å². The van der Waals surface area contributed by atoms with Gasteiger partial charge in [-0.15, -0.1) is 0 Å². The zero-order valence-corrected chi connectivity index (χ0v) is 14.3. The summed E-state index contributed by atoms with van der Waals surface area (Å²) in [6.45, 7) is 1.47. The van der Waals surface area contributed by atoms with Gasteiger partial charge in [-0.25, -0.2) is 4.98 Å². The Morgan fingerprint density at radius 3 is 2.81 bits per heavy atom. The van der Waals surface area contributed by atoms with Gasteiger partial charge in [-0.05, 0) is 16.3 Å². The van der Waals surface area contributed by atoms with Crippen LogP contribution in [0, 0.1) is 0 Å². The van der Waals surface area contributed by atoms with Crippen LogP contribution in [0.25, 0.3) is 10.8 Å². The predicted octanol–water partition coefficient (Wildman–Crippen LogP) is 2.35. The van der Waals surface area contributed by atoms with Gasteiger partial charge in [0.15, 0.2) is 0 Å². The van der Waals surface area contributed by atoms with Crippen LogP contribution in [0.2, 0.25) is 0 Å². The normalized spacial score (nSPS) is 17.4. The molecule has 1 saturated heterocycles. The van der Waals surface area contributed by atoms with E-state index in [4.69, 9.17) is 10.5 Å². The maximum Gasteiger partial charge on any atom is 0.227 e. The molecule has 2 N–H and O–H groups in total. The van der Waals surface area contributed by atoms with Gasteiger partial charge in [0.05, 0.1) is 19.6 Å². The Labute approximate surface area is 151 Å². The van der Waals surface area contributed by atoms with Gasteiger partial charge >= 0.3 is 0 Å². The molecule has 26 heavy (non-hydrogen) atoms. The van der Waals surface area contributed by atoms with Gasteiger partial charge in [0.1, 0.15) is 17.6 Å². The predicted molar refractivity (Wildman–Crippen MR) is 99.4 cm³/mol. The summed E-state index contributed by atoms with van der Waals surface area (Å²) in [4.78, 5) is 22.9. The van der Waals surface area contributed by atoms with Crippen molar-refractivity contribution in [1.29, 1.82) is 0 Å². The molecular weight excluding hydrogens is 328 g/mol. The lowest BCUT2D eigenvalue weighted by Crippen LogP contribution is -2.43. The minimum absolute atomic E-state index is 0.0797. The number of morpholine rings is 1. The molecule has 1 atom stereocenters. The first kappa shape index (κ1) is 16.5. The number of carbonyl (C=O) groups is 1. The summed E-state index contributed by atoms with van der Waals surface area (Å²) in [5.41, 5.74) is 7.50. The maximum absolute atomic E-state index is 12.8. The third-order valence-corrected chi connectivity index (χ3v) is 4.65. The largest absolute Gasteiger partial charge is 0.382 e. The van der Waals surface area contributed by atoms with Crippen LogP contribution in [0.3, 0.4) is 0 Å². The van der Waals surface area contributed by atoms with Crippen LogP contribution in [-0.2, 0) is 16.0 Å². The number of hydrogen-bond donors (Lipinski definition) is 1. The van der Waals surface area contributed by atoms with Crippen molar-refractivity contribution in [2.45, 2.75) is 12.5 Å². The van der Waals surface area contributed by atoms with Crippen molar-refractivity contribution in [2.24, 2.45) is 0 Å². The number of aromatic nitrogens is 2. The van der Waals surface area contributed by atoms with Gasteiger partial charge in [0.25, 0.3) is 0 Å². The molecule has 1 aliphatic heterocycles. The fraction of sp³-hybridized carbons (Fsp3) is 0.250. The highest BCUT2D eigenvalue weighted by Crippen LogP contribution is 2.24. The summed E-state index contributed by atoms with van der Waals surface area (Å²) in [5.74, 6) is 0.428. The topological polar surface area (TPSA) is 81.3 Å². The van der Waals surface area contributed by atoms with Crippen LogP contribution in [0.15, 0.2) is 54.9 Å². The number of anilines is 1. The van der Waals surface area contributed by atoms with Crippen LogP contribution in [-0.4, -0.2) is 40.5 Å². The zero-order chi connectivity index (χ0) is 17.9. The molecule has 1 aliphatic rings. The minimum Gasteiger partial charge on any atom is -0.382 e. The lowest BCUT2D eigenvalue weighted by molar-refractivity contribution is -0.138. The lowest BCUT2D eigenvalue weighted by Gasteiger charge is -2.33. The summed E-state index contributed by atoms with van der Waals surface area (Å²) in [5, 5.41) is 2.32. The van der Waals surface area contributed by atoms with Crippen LogP contribution >= 0.6 is 0 Å². The Hall–Kier alpha value is -2.99. The third kappa shape index (κ3) is 3.36. The van der Waals surface area contributed by atoms with Gasteiger partial charge < -0.3 is 15.4 Å². The third-order valence-electron chi connectivity index (χ3n) is 4.65. The quantitative estimate of drug-likeness (QED) is 0.786. The number of amides is 1. The zero-order valence-electron chi connectivity index (χ0n) is 14.3. The molecule has 2 aromatic carbocycles. The molecule has 6 heteroatoms. The summed E-state index contributed by atoms with van der Waals surface area (Å²) in [6.07, 6.45) is 3.17. The number of nitrogens with two attached hydrogens (primary N) is 1. The number of rotatable bonds is 3. The number of nitrogen functional groups attached to an aromatic ring is 1. The Morgan fingerprint density at radius 1 is 1.15 bits per heavy atom. The molecule has 1 amide bonds. The second-order valence-corrected chi connectivity index (χ2v) is 6.38. The second-order valence-electron chi connectivity index (χ2n) is 6.38. The molecule has 0 spiro atoms. The highest BCUT2D eigenvalue weighted by molar-refractivity contribution is 5.85. The monoisotopic (exact) mass is 348 g/mol. The lowest BCUT2D eigenvalue weighted by atomic mass is 10.0. The number of nitrogens with zero attached hydrogens (tertiary/aromatic N) is 3. The number of ether oxygens (including phenoxy) is 1. The SMILES string of the molecule is Nc1nccnc1C1CN(C(=O)Cc2ccc3ccccc3c2)CCO1. The summed E-state index contributed by atoms with van der Waals surface area (Å²) in [6, 6.07) is 14.3. The van der Waals surface area contributed by atoms with E-state index < -0.39 is 0 Å². The van der Waals surface area contributed by atoms with Gasteiger partial charge in [-0.3, -0.25) is 9.78 Å². The number of fused-ring (bicyclic) bond motifs is 1. The first-order chi connectivity index (χ1) is 12.7. The second kappa shape index (κ2) is 7.09. The highest BCUT2D eigenvalue weighted by atomic mass is 16.5. The molecule has 1 fully saturated rings. The molecule has 0 aliphatic carbocycles. The van der Waals surface area contributed by atoms with E-state index in [1.165, 1.54) is 5.39 Å². The van der Waals surface area contributed by atoms with Crippen LogP contribution in [0.5, 0.6) is 0 Å². The Morgan fingerprint density at radius 2 is 1.96 bits per heavy atom. The van der Waals surface area contributed by atoms with Crippen molar-refractivity contribution in [3.8, 4) is 0 Å². The summed E-state index contributed by atoms with van der Waals surface area (Å²) < 4.78 is 5.76. The van der Waals surface area contributed by atoms with Crippen molar-refractivity contribution >= 4 is 22.5 Å². The summed E-state index contributed by atoms with van der Waals surface area (Å²) in [7, 11) is 0. The molecule has 1 unspecified atom stereocenters. The van der Waals surface area contributed by atoms with Gasteiger partial charge in [0.2, 0.25) is 5.91 Å². The molecule has 6 nitrogen and oxygen atoms in total. The molecule has 3 aromatic rings. The first-order valence-electron chi connectivity index (χ1n) is 8.64. The van der Waals surface area contributed by atoms with Gasteiger partial charge in [-0.2, -0.15) is 0 Å². The number of benzene rings is 2. The van der Waals surface area contributed by atoms with Crippen LogP contribution in [0.4, 0.5) is 5.82 Å².